The molecular weight excluding hydrogens is 240 g/mol. The van der Waals surface area contributed by atoms with E-state index < -0.39 is 0 Å². The summed E-state index contributed by atoms with van der Waals surface area (Å²) in [4.78, 5) is 11.8. The van der Waals surface area contributed by atoms with Crippen LogP contribution in [-0.2, 0) is 6.54 Å². The number of nitrogens with zero attached hydrogens (tertiary/aromatic N) is 1. The summed E-state index contributed by atoms with van der Waals surface area (Å²) >= 11 is 0. The Labute approximate surface area is 112 Å². The smallest absolute Gasteiger partial charge is 0.408 e. The van der Waals surface area contributed by atoms with Crippen molar-refractivity contribution < 1.29 is 4.42 Å². The maximum Gasteiger partial charge on any atom is 0.420 e. The lowest BCUT2D eigenvalue weighted by atomic mass is 10.1. The number of rotatable bonds is 4. The van der Waals surface area contributed by atoms with Crippen LogP contribution in [0.5, 0.6) is 0 Å². The van der Waals surface area contributed by atoms with Crippen LogP contribution in [0.4, 0.5) is 0 Å². The minimum absolute atomic E-state index is 0.0341. The van der Waals surface area contributed by atoms with Gasteiger partial charge in [-0.2, -0.15) is 0 Å². The number of oxazole rings is 1. The number of benzene rings is 1. The molecule has 1 aromatic carbocycles. The highest BCUT2D eigenvalue weighted by Gasteiger charge is 2.12. The van der Waals surface area contributed by atoms with Crippen molar-refractivity contribution in [2.24, 2.45) is 0 Å². The molecule has 19 heavy (non-hydrogen) atoms. The van der Waals surface area contributed by atoms with Crippen LogP contribution in [0.15, 0.2) is 45.6 Å². The molecule has 0 atom stereocenters. The average molecular weight is 260 g/mol. The lowest BCUT2D eigenvalue weighted by molar-refractivity contribution is 0.438. The van der Waals surface area contributed by atoms with Crippen LogP contribution in [0.1, 0.15) is 20.8 Å². The van der Waals surface area contributed by atoms with Crippen LogP contribution < -0.4 is 11.1 Å². The number of hydrogen-bond donors (Lipinski definition) is 1. The van der Waals surface area contributed by atoms with E-state index in [0.717, 1.165) is 11.1 Å². The van der Waals surface area contributed by atoms with Crippen molar-refractivity contribution in [2.45, 2.75) is 32.9 Å². The number of para-hydroxylation sites is 2. The average Bonchev–Trinajstić information content (AvgIpc) is 2.63. The Bertz CT molecular complexity index is 644. The van der Waals surface area contributed by atoms with Crippen molar-refractivity contribution in [3.63, 3.8) is 0 Å². The van der Waals surface area contributed by atoms with Gasteiger partial charge >= 0.3 is 5.76 Å². The van der Waals surface area contributed by atoms with E-state index in [1.54, 1.807) is 10.6 Å². The molecule has 2 rings (SSSR count). The summed E-state index contributed by atoms with van der Waals surface area (Å²) in [6.45, 7) is 11.5. The third-order valence-corrected chi connectivity index (χ3v) is 2.82. The normalized spacial score (nSPS) is 11.9. The molecule has 1 heterocycles. The van der Waals surface area contributed by atoms with E-state index in [9.17, 15) is 4.79 Å². The highest BCUT2D eigenvalue weighted by Crippen LogP contribution is 2.13. The molecule has 0 radical (unpaired) electrons. The SMILES string of the molecule is C=C(CNC(C)(C)C)Cn1c(=O)oc2ccccc21. The summed E-state index contributed by atoms with van der Waals surface area (Å²) in [7, 11) is 0. The zero-order valence-corrected chi connectivity index (χ0v) is 11.7. The second-order valence-corrected chi connectivity index (χ2v) is 5.78. The van der Waals surface area contributed by atoms with Gasteiger partial charge in [-0.1, -0.05) is 18.7 Å². The Kier molecular flexibility index (Phi) is 3.62. The van der Waals surface area contributed by atoms with Crippen LogP contribution in [0.25, 0.3) is 11.1 Å². The predicted molar refractivity (Wildman–Crippen MR) is 77.4 cm³/mol. The molecule has 2 aromatic rings. The summed E-state index contributed by atoms with van der Waals surface area (Å²) in [6, 6.07) is 7.42. The van der Waals surface area contributed by atoms with Gasteiger partial charge < -0.3 is 9.73 Å². The Balaban J connectivity index is 2.15. The first-order valence-electron chi connectivity index (χ1n) is 6.37. The van der Waals surface area contributed by atoms with Gasteiger partial charge in [-0.15, -0.1) is 0 Å². The van der Waals surface area contributed by atoms with Gasteiger partial charge in [0.05, 0.1) is 12.1 Å². The summed E-state index contributed by atoms with van der Waals surface area (Å²) < 4.78 is 6.80. The van der Waals surface area contributed by atoms with Gasteiger partial charge in [-0.05, 0) is 38.5 Å². The summed E-state index contributed by atoms with van der Waals surface area (Å²) in [6.07, 6.45) is 0. The van der Waals surface area contributed by atoms with E-state index >= 15 is 0 Å². The first kappa shape index (κ1) is 13.6. The van der Waals surface area contributed by atoms with Gasteiger partial charge in [0.15, 0.2) is 5.58 Å². The molecule has 0 unspecified atom stereocenters. The lowest BCUT2D eigenvalue weighted by Gasteiger charge is -2.21. The molecule has 0 saturated heterocycles. The van der Waals surface area contributed by atoms with Gasteiger partial charge in [0, 0.05) is 12.1 Å². The number of aromatic nitrogens is 1. The van der Waals surface area contributed by atoms with E-state index in [4.69, 9.17) is 4.42 Å². The van der Waals surface area contributed by atoms with E-state index in [1.165, 1.54) is 0 Å². The summed E-state index contributed by atoms with van der Waals surface area (Å²) in [5.74, 6) is -0.335. The minimum atomic E-state index is -0.335. The van der Waals surface area contributed by atoms with Crippen LogP contribution in [0, 0.1) is 0 Å². The molecule has 0 amide bonds. The van der Waals surface area contributed by atoms with Crippen LogP contribution >= 0.6 is 0 Å². The van der Waals surface area contributed by atoms with Crippen LogP contribution in [0.3, 0.4) is 0 Å². The van der Waals surface area contributed by atoms with Crippen molar-refractivity contribution in [2.75, 3.05) is 6.54 Å². The minimum Gasteiger partial charge on any atom is -0.408 e. The van der Waals surface area contributed by atoms with E-state index in [0.29, 0.717) is 18.7 Å². The van der Waals surface area contributed by atoms with Crippen LogP contribution in [-0.4, -0.2) is 16.7 Å². The third-order valence-electron chi connectivity index (χ3n) is 2.82. The molecular formula is C15H20N2O2. The lowest BCUT2D eigenvalue weighted by Crippen LogP contribution is -2.37. The van der Waals surface area contributed by atoms with Crippen LogP contribution in [0.2, 0.25) is 0 Å². The summed E-state index contributed by atoms with van der Waals surface area (Å²) in [5.41, 5.74) is 2.41. The molecule has 1 N–H and O–H groups in total. The molecule has 0 aliphatic rings. The van der Waals surface area contributed by atoms with Crippen molar-refractivity contribution >= 4 is 11.1 Å². The van der Waals surface area contributed by atoms with Crippen molar-refractivity contribution in [3.05, 3.63) is 47.0 Å². The van der Waals surface area contributed by atoms with Crippen molar-refractivity contribution in [1.82, 2.24) is 9.88 Å². The molecule has 1 aromatic heterocycles. The van der Waals surface area contributed by atoms with Gasteiger partial charge in [0.1, 0.15) is 0 Å². The van der Waals surface area contributed by atoms with Gasteiger partial charge in [-0.25, -0.2) is 4.79 Å². The number of nitrogens with one attached hydrogen (secondary N) is 1. The molecule has 0 bridgehead atoms. The Morgan fingerprint density at radius 2 is 2.05 bits per heavy atom. The Morgan fingerprint density at radius 3 is 2.74 bits per heavy atom. The fraction of sp³-hybridized carbons (Fsp3) is 0.400. The van der Waals surface area contributed by atoms with E-state index in [-0.39, 0.29) is 11.3 Å². The molecule has 0 aliphatic heterocycles. The summed E-state index contributed by atoms with van der Waals surface area (Å²) in [5, 5.41) is 3.36. The first-order valence-corrected chi connectivity index (χ1v) is 6.37. The van der Waals surface area contributed by atoms with Crippen molar-refractivity contribution in [3.8, 4) is 0 Å². The highest BCUT2D eigenvalue weighted by molar-refractivity contribution is 5.72. The maximum absolute atomic E-state index is 11.8. The predicted octanol–water partition coefficient (Wildman–Crippen LogP) is 2.54. The topological polar surface area (TPSA) is 47.2 Å². The van der Waals surface area contributed by atoms with E-state index in [1.807, 2.05) is 18.2 Å². The molecule has 0 spiro atoms. The zero-order chi connectivity index (χ0) is 14.0. The molecule has 0 fully saturated rings. The fourth-order valence-corrected chi connectivity index (χ4v) is 1.83. The Morgan fingerprint density at radius 1 is 1.37 bits per heavy atom. The first-order chi connectivity index (χ1) is 8.87. The molecule has 0 saturated carbocycles. The van der Waals surface area contributed by atoms with Gasteiger partial charge in [0.2, 0.25) is 0 Å². The second kappa shape index (κ2) is 5.05. The second-order valence-electron chi connectivity index (χ2n) is 5.78. The zero-order valence-electron chi connectivity index (χ0n) is 11.7. The van der Waals surface area contributed by atoms with E-state index in [2.05, 4.69) is 32.7 Å². The number of fused-ring (bicyclic) bond motifs is 1. The molecule has 102 valence electrons. The fourth-order valence-electron chi connectivity index (χ4n) is 1.83. The largest absolute Gasteiger partial charge is 0.420 e. The van der Waals surface area contributed by atoms with Gasteiger partial charge in [0.25, 0.3) is 0 Å². The quantitative estimate of drug-likeness (QED) is 0.859. The van der Waals surface area contributed by atoms with Gasteiger partial charge in [-0.3, -0.25) is 4.57 Å². The molecule has 4 heteroatoms. The maximum atomic E-state index is 11.8. The molecule has 0 aliphatic carbocycles. The third kappa shape index (κ3) is 3.35. The standard InChI is InChI=1S/C15H20N2O2/c1-11(9-16-15(2,3)4)10-17-12-7-5-6-8-13(12)19-14(17)18/h5-8,16H,1,9-10H2,2-4H3. The molecule has 4 nitrogen and oxygen atoms in total. The van der Waals surface area contributed by atoms with Crippen molar-refractivity contribution in [1.29, 1.82) is 0 Å². The highest BCUT2D eigenvalue weighted by atomic mass is 16.4. The monoisotopic (exact) mass is 260 g/mol. The Hall–Kier alpha value is -1.81. The number of hydrogen-bond acceptors (Lipinski definition) is 3.